The Balaban J connectivity index is 0.00000161. The summed E-state index contributed by atoms with van der Waals surface area (Å²) in [6, 6.07) is 4.56. The first-order valence-electron chi connectivity index (χ1n) is 7.16. The lowest BCUT2D eigenvalue weighted by Gasteiger charge is -2.32. The molecule has 1 saturated heterocycles. The highest BCUT2D eigenvalue weighted by atomic mass is 35.5. The lowest BCUT2D eigenvalue weighted by molar-refractivity contribution is 0.173. The summed E-state index contributed by atoms with van der Waals surface area (Å²) >= 11 is 0. The minimum Gasteiger partial charge on any atom is -0.496 e. The second-order valence-corrected chi connectivity index (χ2v) is 5.38. The zero-order valence-corrected chi connectivity index (χ0v) is 13.4. The van der Waals surface area contributed by atoms with Gasteiger partial charge in [-0.3, -0.25) is 4.90 Å². The highest BCUT2D eigenvalue weighted by Crippen LogP contribution is 2.38. The van der Waals surface area contributed by atoms with Gasteiger partial charge in [-0.05, 0) is 32.5 Å². The number of benzene rings is 1. The van der Waals surface area contributed by atoms with Crippen molar-refractivity contribution in [3.8, 4) is 17.2 Å². The number of likely N-dealkylation sites (tertiary alicyclic amines) is 1. The van der Waals surface area contributed by atoms with E-state index in [0.29, 0.717) is 12.8 Å². The van der Waals surface area contributed by atoms with E-state index in [0.717, 1.165) is 42.4 Å². The highest BCUT2D eigenvalue weighted by Gasteiger charge is 2.22. The van der Waals surface area contributed by atoms with Crippen LogP contribution in [0.4, 0.5) is 0 Å². The third kappa shape index (κ3) is 3.54. The Morgan fingerprint density at radius 2 is 2.10 bits per heavy atom. The quantitative estimate of drug-likeness (QED) is 0.921. The van der Waals surface area contributed by atoms with Gasteiger partial charge in [0.25, 0.3) is 0 Å². The molecular formula is C15H23ClN2O3. The van der Waals surface area contributed by atoms with Crippen LogP contribution in [-0.2, 0) is 6.54 Å². The number of hydrogen-bond donors (Lipinski definition) is 1. The molecular weight excluding hydrogens is 292 g/mol. The van der Waals surface area contributed by atoms with E-state index in [2.05, 4.69) is 10.2 Å². The first-order chi connectivity index (χ1) is 9.80. The summed E-state index contributed by atoms with van der Waals surface area (Å²) in [6.07, 6.45) is 2.49. The van der Waals surface area contributed by atoms with Crippen LogP contribution in [0.25, 0.3) is 0 Å². The summed E-state index contributed by atoms with van der Waals surface area (Å²) in [4.78, 5) is 2.46. The zero-order valence-electron chi connectivity index (χ0n) is 12.6. The van der Waals surface area contributed by atoms with Crippen LogP contribution >= 0.6 is 12.4 Å². The Morgan fingerprint density at radius 3 is 2.81 bits per heavy atom. The summed E-state index contributed by atoms with van der Waals surface area (Å²) < 4.78 is 16.3. The number of halogens is 1. The topological polar surface area (TPSA) is 43.0 Å². The largest absolute Gasteiger partial charge is 0.496 e. The average Bonchev–Trinajstić information content (AvgIpc) is 2.93. The van der Waals surface area contributed by atoms with Gasteiger partial charge >= 0.3 is 0 Å². The predicted octanol–water partition coefficient (Wildman–Crippen LogP) is 2.03. The molecule has 0 radical (unpaired) electrons. The average molecular weight is 315 g/mol. The lowest BCUT2D eigenvalue weighted by atomic mass is 10.0. The minimum atomic E-state index is 0. The molecule has 21 heavy (non-hydrogen) atoms. The number of fused-ring (bicyclic) bond motifs is 1. The molecule has 1 N–H and O–H groups in total. The van der Waals surface area contributed by atoms with E-state index >= 15 is 0 Å². The van der Waals surface area contributed by atoms with Gasteiger partial charge in [0.15, 0.2) is 11.5 Å². The number of rotatable bonds is 4. The van der Waals surface area contributed by atoms with Crippen LogP contribution in [0, 0.1) is 0 Å². The Kier molecular flexibility index (Phi) is 5.56. The SMILES string of the molecule is CNC1CCCN(Cc2cc3c(cc2OC)OCO3)C1.Cl. The van der Waals surface area contributed by atoms with Crippen LogP contribution in [0.2, 0.25) is 0 Å². The summed E-state index contributed by atoms with van der Waals surface area (Å²) in [7, 11) is 3.74. The minimum absolute atomic E-state index is 0. The highest BCUT2D eigenvalue weighted by molar-refractivity contribution is 5.85. The molecule has 1 unspecified atom stereocenters. The van der Waals surface area contributed by atoms with Crippen molar-refractivity contribution >= 4 is 12.4 Å². The number of likely N-dealkylation sites (N-methyl/N-ethyl adjacent to an activating group) is 1. The molecule has 2 aliphatic rings. The van der Waals surface area contributed by atoms with Crippen LogP contribution in [0.3, 0.4) is 0 Å². The van der Waals surface area contributed by atoms with Gasteiger partial charge in [-0.25, -0.2) is 0 Å². The summed E-state index contributed by atoms with van der Waals surface area (Å²) in [5.74, 6) is 2.47. The van der Waals surface area contributed by atoms with E-state index in [4.69, 9.17) is 14.2 Å². The first kappa shape index (κ1) is 16.2. The standard InChI is InChI=1S/C15H22N2O3.ClH/c1-16-12-4-3-5-17(9-12)8-11-6-14-15(20-10-19-14)7-13(11)18-2;/h6-7,12,16H,3-5,8-10H2,1-2H3;1H. The number of nitrogens with one attached hydrogen (secondary N) is 1. The van der Waals surface area contributed by atoms with Gasteiger partial charge in [-0.1, -0.05) is 0 Å². The van der Waals surface area contributed by atoms with E-state index in [1.165, 1.54) is 12.8 Å². The Labute approximate surface area is 132 Å². The van der Waals surface area contributed by atoms with Crippen molar-refractivity contribution in [2.45, 2.75) is 25.4 Å². The second-order valence-electron chi connectivity index (χ2n) is 5.38. The van der Waals surface area contributed by atoms with Gasteiger partial charge in [0.2, 0.25) is 6.79 Å². The first-order valence-corrected chi connectivity index (χ1v) is 7.16. The molecule has 0 saturated carbocycles. The molecule has 1 aromatic rings. The van der Waals surface area contributed by atoms with Gasteiger partial charge in [0, 0.05) is 30.8 Å². The Hall–Kier alpha value is -1.17. The van der Waals surface area contributed by atoms with E-state index in [1.54, 1.807) is 7.11 Å². The summed E-state index contributed by atoms with van der Waals surface area (Å²) in [5, 5.41) is 3.37. The third-order valence-corrected chi connectivity index (χ3v) is 4.08. The molecule has 2 aliphatic heterocycles. The fraction of sp³-hybridized carbons (Fsp3) is 0.600. The van der Waals surface area contributed by atoms with Crippen molar-refractivity contribution in [2.24, 2.45) is 0 Å². The summed E-state index contributed by atoms with van der Waals surface area (Å²) in [6.45, 7) is 3.40. The molecule has 3 rings (SSSR count). The number of nitrogens with zero attached hydrogens (tertiary/aromatic N) is 1. The van der Waals surface area contributed by atoms with Crippen LogP contribution in [0.15, 0.2) is 12.1 Å². The molecule has 1 atom stereocenters. The zero-order chi connectivity index (χ0) is 13.9. The van der Waals surface area contributed by atoms with Crippen LogP contribution in [-0.4, -0.2) is 45.0 Å². The molecule has 0 amide bonds. The van der Waals surface area contributed by atoms with Crippen molar-refractivity contribution < 1.29 is 14.2 Å². The number of piperidine rings is 1. The Bertz CT molecular complexity index is 484. The molecule has 0 aromatic heterocycles. The van der Waals surface area contributed by atoms with Gasteiger partial charge in [-0.15, -0.1) is 12.4 Å². The van der Waals surface area contributed by atoms with Crippen molar-refractivity contribution in [1.82, 2.24) is 10.2 Å². The third-order valence-electron chi connectivity index (χ3n) is 4.08. The molecule has 1 aromatic carbocycles. The maximum Gasteiger partial charge on any atom is 0.231 e. The lowest BCUT2D eigenvalue weighted by Crippen LogP contribution is -2.43. The molecule has 2 heterocycles. The molecule has 6 heteroatoms. The van der Waals surface area contributed by atoms with Gasteiger partial charge < -0.3 is 19.5 Å². The predicted molar refractivity (Wildman–Crippen MR) is 83.7 cm³/mol. The molecule has 0 bridgehead atoms. The van der Waals surface area contributed by atoms with Gasteiger partial charge in [-0.2, -0.15) is 0 Å². The summed E-state index contributed by atoms with van der Waals surface area (Å²) in [5.41, 5.74) is 1.16. The van der Waals surface area contributed by atoms with E-state index in [9.17, 15) is 0 Å². The van der Waals surface area contributed by atoms with Crippen molar-refractivity contribution in [1.29, 1.82) is 0 Å². The van der Waals surface area contributed by atoms with Gasteiger partial charge in [0.05, 0.1) is 7.11 Å². The number of hydrogen-bond acceptors (Lipinski definition) is 5. The fourth-order valence-electron chi connectivity index (χ4n) is 2.95. The normalized spacial score (nSPS) is 21.0. The smallest absolute Gasteiger partial charge is 0.231 e. The molecule has 118 valence electrons. The van der Waals surface area contributed by atoms with E-state index in [1.807, 2.05) is 19.2 Å². The van der Waals surface area contributed by atoms with Crippen molar-refractivity contribution in [2.75, 3.05) is 34.0 Å². The fourth-order valence-corrected chi connectivity index (χ4v) is 2.95. The number of ether oxygens (including phenoxy) is 3. The molecule has 5 nitrogen and oxygen atoms in total. The monoisotopic (exact) mass is 314 g/mol. The van der Waals surface area contributed by atoms with Crippen LogP contribution in [0.1, 0.15) is 18.4 Å². The molecule has 1 fully saturated rings. The second kappa shape index (κ2) is 7.20. The van der Waals surface area contributed by atoms with Gasteiger partial charge in [0.1, 0.15) is 5.75 Å². The Morgan fingerprint density at radius 1 is 1.33 bits per heavy atom. The number of methoxy groups -OCH3 is 1. The van der Waals surface area contributed by atoms with E-state index in [-0.39, 0.29) is 12.4 Å². The maximum absolute atomic E-state index is 5.49. The van der Waals surface area contributed by atoms with Crippen molar-refractivity contribution in [3.05, 3.63) is 17.7 Å². The maximum atomic E-state index is 5.49. The van der Waals surface area contributed by atoms with Crippen LogP contribution in [0.5, 0.6) is 17.2 Å². The molecule has 0 aliphatic carbocycles. The van der Waals surface area contributed by atoms with Crippen LogP contribution < -0.4 is 19.5 Å². The van der Waals surface area contributed by atoms with Crippen molar-refractivity contribution in [3.63, 3.8) is 0 Å². The van der Waals surface area contributed by atoms with E-state index < -0.39 is 0 Å². The molecule has 0 spiro atoms.